The number of piperazine rings is 1. The summed E-state index contributed by atoms with van der Waals surface area (Å²) in [5.41, 5.74) is 0.642. The van der Waals surface area contributed by atoms with Gasteiger partial charge in [-0.3, -0.25) is 9.69 Å². The highest BCUT2D eigenvalue weighted by Gasteiger charge is 2.48. The summed E-state index contributed by atoms with van der Waals surface area (Å²) >= 11 is 0. The molecule has 7 rings (SSSR count). The van der Waals surface area contributed by atoms with Gasteiger partial charge >= 0.3 is 0 Å². The van der Waals surface area contributed by atoms with Gasteiger partial charge in [0.15, 0.2) is 0 Å². The number of nitrogens with one attached hydrogen (secondary N) is 2. The van der Waals surface area contributed by atoms with Gasteiger partial charge in [-0.1, -0.05) is 19.3 Å². The Morgan fingerprint density at radius 3 is 2.43 bits per heavy atom. The van der Waals surface area contributed by atoms with Crippen LogP contribution in [0.1, 0.15) is 81.5 Å². The van der Waals surface area contributed by atoms with Crippen molar-refractivity contribution in [1.82, 2.24) is 25.3 Å². The number of amides is 1. The third-order valence-electron chi connectivity index (χ3n) is 9.82. The fourth-order valence-electron chi connectivity index (χ4n) is 8.23. The van der Waals surface area contributed by atoms with E-state index in [0.717, 1.165) is 44.6 Å². The van der Waals surface area contributed by atoms with Crippen LogP contribution in [0.5, 0.6) is 5.88 Å². The fourth-order valence-corrected chi connectivity index (χ4v) is 8.23. The molecule has 0 aromatic carbocycles. The maximum atomic E-state index is 13.6. The van der Waals surface area contributed by atoms with Gasteiger partial charge in [-0.2, -0.15) is 5.10 Å². The zero-order valence-corrected chi connectivity index (χ0v) is 24.0. The summed E-state index contributed by atoms with van der Waals surface area (Å²) in [6, 6.07) is 0.859. The van der Waals surface area contributed by atoms with Crippen LogP contribution in [0, 0.1) is 29.6 Å². The van der Waals surface area contributed by atoms with Crippen LogP contribution >= 0.6 is 24.8 Å². The third-order valence-corrected chi connectivity index (χ3v) is 9.82. The molecular formula is C28H47Cl2N5O2. The fraction of sp³-hybridized carbons (Fsp3) is 0.857. The van der Waals surface area contributed by atoms with Crippen LogP contribution in [0.15, 0.2) is 6.20 Å². The Balaban J connectivity index is 0.00000160. The number of carbonyl (C=O) groups excluding carboxylic acids is 1. The third kappa shape index (κ3) is 6.59. The molecule has 1 atom stereocenters. The van der Waals surface area contributed by atoms with Crippen LogP contribution in [0.25, 0.3) is 0 Å². The van der Waals surface area contributed by atoms with Crippen LogP contribution in [-0.2, 0) is 6.54 Å². The Kier molecular flexibility index (Phi) is 10.1. The van der Waals surface area contributed by atoms with Crippen molar-refractivity contribution in [2.45, 2.75) is 89.8 Å². The number of hydrogen-bond acceptors (Lipinski definition) is 5. The largest absolute Gasteiger partial charge is 0.477 e. The molecule has 4 bridgehead atoms. The maximum Gasteiger partial charge on any atom is 0.258 e. The van der Waals surface area contributed by atoms with Crippen molar-refractivity contribution in [3.05, 3.63) is 11.8 Å². The van der Waals surface area contributed by atoms with Crippen molar-refractivity contribution in [1.29, 1.82) is 0 Å². The zero-order valence-electron chi connectivity index (χ0n) is 22.4. The molecule has 6 aliphatic rings. The molecule has 1 amide bonds. The lowest BCUT2D eigenvalue weighted by Crippen LogP contribution is -2.55. The normalized spacial score (nSPS) is 33.4. The summed E-state index contributed by atoms with van der Waals surface area (Å²) in [7, 11) is 0. The van der Waals surface area contributed by atoms with Gasteiger partial charge in [-0.25, -0.2) is 4.68 Å². The van der Waals surface area contributed by atoms with E-state index in [-0.39, 0.29) is 30.7 Å². The summed E-state index contributed by atoms with van der Waals surface area (Å²) in [6.45, 7) is 7.79. The van der Waals surface area contributed by atoms with E-state index in [0.29, 0.717) is 47.9 Å². The van der Waals surface area contributed by atoms with Crippen molar-refractivity contribution >= 4 is 30.7 Å². The first-order chi connectivity index (χ1) is 17.1. The predicted molar refractivity (Wildman–Crippen MR) is 151 cm³/mol. The number of ether oxygens (including phenoxy) is 1. The van der Waals surface area contributed by atoms with E-state index in [1.54, 1.807) is 6.20 Å². The molecule has 37 heavy (non-hydrogen) atoms. The molecule has 2 heterocycles. The molecule has 5 saturated carbocycles. The lowest BCUT2D eigenvalue weighted by Gasteiger charge is -2.54. The van der Waals surface area contributed by atoms with Crippen molar-refractivity contribution in [2.24, 2.45) is 29.6 Å². The Morgan fingerprint density at radius 1 is 1.05 bits per heavy atom. The van der Waals surface area contributed by atoms with Gasteiger partial charge in [-0.05, 0) is 81.5 Å². The molecule has 1 aromatic rings. The Bertz CT molecular complexity index is 862. The molecule has 7 nitrogen and oxygen atoms in total. The highest BCUT2D eigenvalue weighted by molar-refractivity contribution is 5.96. The highest BCUT2D eigenvalue weighted by Crippen LogP contribution is 2.53. The SMILES string of the molecule is C[C@H]1CN(CCn2ncc(C(=O)NC3C4CC5CC(C4)CC3C5)c2OCC2CCCCC2)CCN1.Cl.Cl. The van der Waals surface area contributed by atoms with E-state index in [4.69, 9.17) is 4.74 Å². The molecule has 5 aliphatic carbocycles. The quantitative estimate of drug-likeness (QED) is 0.492. The van der Waals surface area contributed by atoms with Crippen LogP contribution < -0.4 is 15.4 Å². The lowest BCUT2D eigenvalue weighted by atomic mass is 9.54. The summed E-state index contributed by atoms with van der Waals surface area (Å²) in [6.07, 6.45) is 14.9. The van der Waals surface area contributed by atoms with Crippen LogP contribution in [0.2, 0.25) is 0 Å². The van der Waals surface area contributed by atoms with Gasteiger partial charge in [-0.15, -0.1) is 24.8 Å². The molecule has 0 unspecified atom stereocenters. The van der Waals surface area contributed by atoms with Gasteiger partial charge < -0.3 is 15.4 Å². The zero-order chi connectivity index (χ0) is 23.8. The van der Waals surface area contributed by atoms with E-state index >= 15 is 0 Å². The van der Waals surface area contributed by atoms with E-state index in [1.807, 2.05) is 4.68 Å². The van der Waals surface area contributed by atoms with Crippen molar-refractivity contribution in [2.75, 3.05) is 32.8 Å². The van der Waals surface area contributed by atoms with Crippen LogP contribution in [0.4, 0.5) is 0 Å². The number of rotatable bonds is 8. The second kappa shape index (κ2) is 12.9. The van der Waals surface area contributed by atoms with E-state index in [2.05, 4.69) is 27.6 Å². The molecule has 6 fully saturated rings. The molecule has 9 heteroatoms. The predicted octanol–water partition coefficient (Wildman–Crippen LogP) is 4.53. The van der Waals surface area contributed by atoms with Gasteiger partial charge in [0, 0.05) is 38.3 Å². The minimum Gasteiger partial charge on any atom is -0.477 e. The van der Waals surface area contributed by atoms with Crippen molar-refractivity contribution in [3.8, 4) is 5.88 Å². The number of carbonyl (C=O) groups is 1. The van der Waals surface area contributed by atoms with Crippen LogP contribution in [0.3, 0.4) is 0 Å². The van der Waals surface area contributed by atoms with Crippen LogP contribution in [-0.4, -0.2) is 65.5 Å². The molecule has 1 aromatic heterocycles. The smallest absolute Gasteiger partial charge is 0.258 e. The summed E-state index contributed by atoms with van der Waals surface area (Å²) in [5, 5.41) is 11.7. The first-order valence-electron chi connectivity index (χ1n) is 14.6. The number of hydrogen-bond donors (Lipinski definition) is 2. The monoisotopic (exact) mass is 555 g/mol. The average molecular weight is 557 g/mol. The second-order valence-corrected chi connectivity index (χ2v) is 12.5. The average Bonchev–Trinajstić information content (AvgIpc) is 3.27. The second-order valence-electron chi connectivity index (χ2n) is 12.5. The molecule has 1 saturated heterocycles. The Morgan fingerprint density at radius 2 is 1.76 bits per heavy atom. The lowest BCUT2D eigenvalue weighted by molar-refractivity contribution is -0.0120. The molecular weight excluding hydrogens is 509 g/mol. The molecule has 0 spiro atoms. The highest BCUT2D eigenvalue weighted by atomic mass is 35.5. The number of nitrogens with zero attached hydrogens (tertiary/aromatic N) is 3. The minimum atomic E-state index is 0. The van der Waals surface area contributed by atoms with E-state index in [1.165, 1.54) is 64.2 Å². The molecule has 1 aliphatic heterocycles. The topological polar surface area (TPSA) is 71.4 Å². The van der Waals surface area contributed by atoms with Crippen molar-refractivity contribution < 1.29 is 9.53 Å². The summed E-state index contributed by atoms with van der Waals surface area (Å²) in [4.78, 5) is 16.1. The first kappa shape index (κ1) is 29.0. The van der Waals surface area contributed by atoms with Gasteiger partial charge in [0.05, 0.1) is 19.3 Å². The van der Waals surface area contributed by atoms with Crippen molar-refractivity contribution in [3.63, 3.8) is 0 Å². The maximum absolute atomic E-state index is 13.6. The molecule has 210 valence electrons. The Hall–Kier alpha value is -1.02. The van der Waals surface area contributed by atoms with E-state index in [9.17, 15) is 4.79 Å². The first-order valence-corrected chi connectivity index (χ1v) is 14.6. The van der Waals surface area contributed by atoms with Gasteiger partial charge in [0.2, 0.25) is 5.88 Å². The number of halogens is 2. The van der Waals surface area contributed by atoms with E-state index < -0.39 is 0 Å². The van der Waals surface area contributed by atoms with Gasteiger partial charge in [0.25, 0.3) is 5.91 Å². The minimum absolute atomic E-state index is 0. The summed E-state index contributed by atoms with van der Waals surface area (Å²) in [5.74, 6) is 4.49. The standard InChI is InChI=1S/C28H45N5O2.2ClH/c1-19-17-32(8-7-29-19)9-10-33-28(35-18-20-5-3-2-4-6-20)25(16-30-33)27(34)31-26-23-12-21-11-22(14-23)15-24(26)13-21;;/h16,19-24,26,29H,2-15,17-18H2,1H3,(H,31,34);2*1H/t19-,21?,22?,23?,24?,26?;;/m0../s1. The number of aromatic nitrogens is 2. The van der Waals surface area contributed by atoms with Gasteiger partial charge in [0.1, 0.15) is 5.56 Å². The molecule has 2 N–H and O–H groups in total. The Labute approximate surface area is 235 Å². The molecule has 0 radical (unpaired) electrons. The summed E-state index contributed by atoms with van der Waals surface area (Å²) < 4.78 is 8.41.